The molecular weight excluding hydrogens is 304 g/mol. The van der Waals surface area contributed by atoms with Gasteiger partial charge >= 0.3 is 0 Å². The normalized spacial score (nSPS) is 14.2. The summed E-state index contributed by atoms with van der Waals surface area (Å²) in [4.78, 5) is 7.11. The summed E-state index contributed by atoms with van der Waals surface area (Å²) in [6, 6.07) is 8.57. The summed E-state index contributed by atoms with van der Waals surface area (Å²) >= 11 is 1.86. The van der Waals surface area contributed by atoms with Gasteiger partial charge in [0, 0.05) is 40.8 Å². The third kappa shape index (κ3) is 5.13. The molecule has 0 saturated heterocycles. The van der Waals surface area contributed by atoms with Gasteiger partial charge in [-0.1, -0.05) is 19.9 Å². The Kier molecular flexibility index (Phi) is 6.75. The number of nitrogens with one attached hydrogen (secondary N) is 1. The van der Waals surface area contributed by atoms with Gasteiger partial charge in [-0.15, -0.1) is 11.3 Å². The summed E-state index contributed by atoms with van der Waals surface area (Å²) in [6.07, 6.45) is 2.61. The van der Waals surface area contributed by atoms with E-state index in [1.165, 1.54) is 15.3 Å². The van der Waals surface area contributed by atoms with Crippen LogP contribution in [-0.2, 0) is 6.42 Å². The Hall–Kier alpha value is -1.23. The highest BCUT2D eigenvalue weighted by atomic mass is 32.1. The lowest BCUT2D eigenvalue weighted by atomic mass is 9.95. The summed E-state index contributed by atoms with van der Waals surface area (Å²) in [5, 5.41) is 13.4. The molecule has 0 saturated carbocycles. The number of aromatic nitrogens is 1. The zero-order chi connectivity index (χ0) is 16.8. The van der Waals surface area contributed by atoms with Crippen molar-refractivity contribution < 1.29 is 5.11 Å². The second-order valence-electron chi connectivity index (χ2n) is 6.57. The number of hydrogen-bond acceptors (Lipinski definition) is 4. The molecule has 0 bridgehead atoms. The van der Waals surface area contributed by atoms with Crippen molar-refractivity contribution in [1.82, 2.24) is 10.3 Å². The molecule has 2 aromatic rings. The number of pyridine rings is 1. The lowest BCUT2D eigenvalue weighted by molar-refractivity contribution is 0.213. The molecule has 2 N–H and O–H groups in total. The molecule has 0 radical (unpaired) electrons. The molecule has 0 aromatic carbocycles. The fourth-order valence-corrected chi connectivity index (χ4v) is 3.95. The Labute approximate surface area is 143 Å². The summed E-state index contributed by atoms with van der Waals surface area (Å²) < 4.78 is 0. The van der Waals surface area contributed by atoms with Gasteiger partial charge in [0.1, 0.15) is 0 Å². The van der Waals surface area contributed by atoms with Crippen molar-refractivity contribution in [2.24, 2.45) is 11.8 Å². The van der Waals surface area contributed by atoms with E-state index >= 15 is 0 Å². The SMILES string of the molecule is Cc1cc(C(NCC(CO)Cc2ccccn2)C(C)C)c(C)s1. The van der Waals surface area contributed by atoms with E-state index in [0.29, 0.717) is 12.0 Å². The number of aryl methyl sites for hydroxylation is 2. The first-order valence-corrected chi connectivity index (χ1v) is 9.14. The molecule has 2 aromatic heterocycles. The van der Waals surface area contributed by atoms with Crippen LogP contribution in [0.5, 0.6) is 0 Å². The second-order valence-corrected chi connectivity index (χ2v) is 8.03. The Morgan fingerprint density at radius 2 is 2.04 bits per heavy atom. The van der Waals surface area contributed by atoms with E-state index < -0.39 is 0 Å². The standard InChI is InChI=1S/C19H28N2OS/c1-13(2)19(18-9-14(3)23-15(18)4)21-11-16(12-22)10-17-7-5-6-8-20-17/h5-9,13,16,19,21-22H,10-12H2,1-4H3. The highest BCUT2D eigenvalue weighted by molar-refractivity contribution is 7.12. The average molecular weight is 333 g/mol. The van der Waals surface area contributed by atoms with E-state index in [1.54, 1.807) is 0 Å². The molecule has 0 spiro atoms. The molecule has 2 heterocycles. The Morgan fingerprint density at radius 3 is 2.57 bits per heavy atom. The first-order chi connectivity index (χ1) is 11.0. The van der Waals surface area contributed by atoms with Gasteiger partial charge in [-0.25, -0.2) is 0 Å². The van der Waals surface area contributed by atoms with Crippen molar-refractivity contribution in [3.8, 4) is 0 Å². The van der Waals surface area contributed by atoms with Crippen LogP contribution in [0.15, 0.2) is 30.5 Å². The predicted molar refractivity (Wildman–Crippen MR) is 97.9 cm³/mol. The highest BCUT2D eigenvalue weighted by Gasteiger charge is 2.20. The largest absolute Gasteiger partial charge is 0.396 e. The first kappa shape index (κ1) is 18.1. The predicted octanol–water partition coefficient (Wildman–Crippen LogP) is 3.90. The molecule has 0 amide bonds. The van der Waals surface area contributed by atoms with Crippen molar-refractivity contribution in [2.75, 3.05) is 13.2 Å². The third-order valence-corrected chi connectivity index (χ3v) is 5.17. The summed E-state index contributed by atoms with van der Waals surface area (Å²) in [5.41, 5.74) is 2.44. The van der Waals surface area contributed by atoms with E-state index in [-0.39, 0.29) is 12.5 Å². The van der Waals surface area contributed by atoms with Crippen LogP contribution >= 0.6 is 11.3 Å². The lowest BCUT2D eigenvalue weighted by Crippen LogP contribution is -2.33. The number of aliphatic hydroxyl groups excluding tert-OH is 1. The molecular formula is C19H28N2OS. The van der Waals surface area contributed by atoms with Gasteiger partial charge < -0.3 is 10.4 Å². The topological polar surface area (TPSA) is 45.1 Å². The molecule has 23 heavy (non-hydrogen) atoms. The lowest BCUT2D eigenvalue weighted by Gasteiger charge is -2.25. The van der Waals surface area contributed by atoms with Gasteiger partial charge in [0.25, 0.3) is 0 Å². The van der Waals surface area contributed by atoms with Crippen LogP contribution in [0.2, 0.25) is 0 Å². The van der Waals surface area contributed by atoms with Gasteiger partial charge in [0.2, 0.25) is 0 Å². The maximum absolute atomic E-state index is 9.70. The second kappa shape index (κ2) is 8.57. The number of aliphatic hydroxyl groups is 1. The van der Waals surface area contributed by atoms with Crippen molar-refractivity contribution in [2.45, 2.75) is 40.2 Å². The Bertz CT molecular complexity index is 595. The molecule has 2 rings (SSSR count). The number of nitrogens with zero attached hydrogens (tertiary/aromatic N) is 1. The maximum Gasteiger partial charge on any atom is 0.0475 e. The van der Waals surface area contributed by atoms with Gasteiger partial charge in [0.05, 0.1) is 0 Å². The quantitative estimate of drug-likeness (QED) is 0.771. The molecule has 0 aliphatic carbocycles. The first-order valence-electron chi connectivity index (χ1n) is 8.32. The third-order valence-electron chi connectivity index (χ3n) is 4.19. The fourth-order valence-electron chi connectivity index (χ4n) is 2.97. The minimum Gasteiger partial charge on any atom is -0.396 e. The highest BCUT2D eigenvalue weighted by Crippen LogP contribution is 2.30. The van der Waals surface area contributed by atoms with Gasteiger partial charge in [-0.3, -0.25) is 4.98 Å². The molecule has 0 aliphatic heterocycles. The van der Waals surface area contributed by atoms with E-state index in [2.05, 4.69) is 44.1 Å². The van der Waals surface area contributed by atoms with E-state index in [4.69, 9.17) is 0 Å². The summed E-state index contributed by atoms with van der Waals surface area (Å²) in [7, 11) is 0. The Morgan fingerprint density at radius 1 is 1.26 bits per heavy atom. The van der Waals surface area contributed by atoms with Crippen LogP contribution in [0, 0.1) is 25.7 Å². The Balaban J connectivity index is 2.01. The minimum atomic E-state index is 0.177. The van der Waals surface area contributed by atoms with Crippen molar-refractivity contribution in [1.29, 1.82) is 0 Å². The molecule has 0 fully saturated rings. The zero-order valence-corrected chi connectivity index (χ0v) is 15.4. The van der Waals surface area contributed by atoms with Crippen molar-refractivity contribution >= 4 is 11.3 Å². The smallest absolute Gasteiger partial charge is 0.0475 e. The molecule has 2 atom stereocenters. The average Bonchev–Trinajstić information content (AvgIpc) is 2.85. The van der Waals surface area contributed by atoms with E-state index in [1.807, 2.05) is 35.7 Å². The number of thiophene rings is 1. The summed E-state index contributed by atoms with van der Waals surface area (Å²) in [6.45, 7) is 9.82. The minimum absolute atomic E-state index is 0.177. The monoisotopic (exact) mass is 332 g/mol. The van der Waals surface area contributed by atoms with Gasteiger partial charge in [-0.2, -0.15) is 0 Å². The van der Waals surface area contributed by atoms with Gasteiger partial charge in [-0.05, 0) is 55.9 Å². The van der Waals surface area contributed by atoms with Crippen molar-refractivity contribution in [3.63, 3.8) is 0 Å². The van der Waals surface area contributed by atoms with Crippen LogP contribution in [-0.4, -0.2) is 23.2 Å². The van der Waals surface area contributed by atoms with Gasteiger partial charge in [0.15, 0.2) is 0 Å². The number of rotatable bonds is 8. The van der Waals surface area contributed by atoms with E-state index in [0.717, 1.165) is 18.7 Å². The molecule has 4 heteroatoms. The fraction of sp³-hybridized carbons (Fsp3) is 0.526. The van der Waals surface area contributed by atoms with Crippen LogP contribution in [0.3, 0.4) is 0 Å². The number of hydrogen-bond donors (Lipinski definition) is 2. The van der Waals surface area contributed by atoms with Crippen LogP contribution < -0.4 is 5.32 Å². The van der Waals surface area contributed by atoms with Crippen molar-refractivity contribution in [3.05, 3.63) is 51.5 Å². The molecule has 126 valence electrons. The van der Waals surface area contributed by atoms with Crippen LogP contribution in [0.25, 0.3) is 0 Å². The molecule has 2 unspecified atom stereocenters. The maximum atomic E-state index is 9.70. The summed E-state index contributed by atoms with van der Waals surface area (Å²) in [5.74, 6) is 0.697. The molecule has 3 nitrogen and oxygen atoms in total. The van der Waals surface area contributed by atoms with E-state index in [9.17, 15) is 5.11 Å². The zero-order valence-electron chi connectivity index (χ0n) is 14.5. The van der Waals surface area contributed by atoms with Crippen LogP contribution in [0.1, 0.15) is 40.9 Å². The van der Waals surface area contributed by atoms with Crippen LogP contribution in [0.4, 0.5) is 0 Å². The molecule has 0 aliphatic rings.